The molecule has 5 heteroatoms. The highest BCUT2D eigenvalue weighted by Gasteiger charge is 2.30. The van der Waals surface area contributed by atoms with Crippen LogP contribution in [0, 0.1) is 0 Å². The summed E-state index contributed by atoms with van der Waals surface area (Å²) in [6.07, 6.45) is -0.825. The van der Waals surface area contributed by atoms with Crippen LogP contribution in [0.25, 0.3) is 0 Å². The molecule has 0 bridgehead atoms. The van der Waals surface area contributed by atoms with E-state index in [4.69, 9.17) is 9.84 Å². The highest BCUT2D eigenvalue weighted by atomic mass is 32.2. The Kier molecular flexibility index (Phi) is 3.16. The number of aliphatic hydroxyl groups is 1. The Hall–Kier alpha value is -0.260. The van der Waals surface area contributed by atoms with Gasteiger partial charge in [-0.3, -0.25) is 0 Å². The summed E-state index contributed by atoms with van der Waals surface area (Å²) in [5.74, 6) is 0.0257. The van der Waals surface area contributed by atoms with E-state index in [9.17, 15) is 4.79 Å². The number of carbonyl (C=O) groups is 1. The molecule has 0 aromatic heterocycles. The van der Waals surface area contributed by atoms with Gasteiger partial charge in [0.15, 0.2) is 6.29 Å². The monoisotopic (exact) mass is 178 g/mol. The van der Waals surface area contributed by atoms with Crippen LogP contribution in [0.1, 0.15) is 6.92 Å². The minimum absolute atomic E-state index is 0.343. The molecule has 0 amide bonds. The van der Waals surface area contributed by atoms with E-state index < -0.39 is 17.7 Å². The Balaban J connectivity index is 2.31. The second kappa shape index (κ2) is 3.94. The van der Waals surface area contributed by atoms with Gasteiger partial charge in [0.2, 0.25) is 5.44 Å². The lowest BCUT2D eigenvalue weighted by Gasteiger charge is -2.07. The molecule has 1 heterocycles. The van der Waals surface area contributed by atoms with E-state index in [0.29, 0.717) is 12.4 Å². The van der Waals surface area contributed by atoms with Crippen molar-refractivity contribution < 1.29 is 19.4 Å². The summed E-state index contributed by atoms with van der Waals surface area (Å²) >= 11 is 1.25. The molecule has 1 aliphatic heterocycles. The first kappa shape index (κ1) is 8.83. The van der Waals surface area contributed by atoms with Gasteiger partial charge in [0, 0.05) is 5.75 Å². The van der Waals surface area contributed by atoms with Crippen LogP contribution in [-0.4, -0.2) is 35.2 Å². The van der Waals surface area contributed by atoms with Gasteiger partial charge in [0.25, 0.3) is 0 Å². The molecule has 0 radical (unpaired) electrons. The molecule has 0 aliphatic carbocycles. The van der Waals surface area contributed by atoms with Gasteiger partial charge in [-0.2, -0.15) is 0 Å². The van der Waals surface area contributed by atoms with Gasteiger partial charge in [0.05, 0.1) is 6.61 Å². The minimum Gasteiger partial charge on any atom is -0.463 e. The Morgan fingerprint density at radius 1 is 1.91 bits per heavy atom. The third-order valence-corrected chi connectivity index (χ3v) is 2.23. The van der Waals surface area contributed by atoms with Gasteiger partial charge < -0.3 is 14.6 Å². The Morgan fingerprint density at radius 3 is 3.09 bits per heavy atom. The van der Waals surface area contributed by atoms with E-state index >= 15 is 0 Å². The summed E-state index contributed by atoms with van der Waals surface area (Å²) in [6, 6.07) is 0. The molecule has 0 saturated carbocycles. The van der Waals surface area contributed by atoms with Crippen LogP contribution in [0.3, 0.4) is 0 Å². The van der Waals surface area contributed by atoms with Gasteiger partial charge in [-0.15, -0.1) is 11.8 Å². The molecule has 1 N–H and O–H groups in total. The fraction of sp³-hybridized carbons (Fsp3) is 0.833. The van der Waals surface area contributed by atoms with Crippen molar-refractivity contribution in [1.29, 1.82) is 0 Å². The largest absolute Gasteiger partial charge is 0.463 e. The molecule has 0 spiro atoms. The van der Waals surface area contributed by atoms with Gasteiger partial charge in [0.1, 0.15) is 0 Å². The molecular formula is C6H10O4S. The maximum absolute atomic E-state index is 10.9. The van der Waals surface area contributed by atoms with Gasteiger partial charge in [-0.05, 0) is 6.92 Å². The average molecular weight is 178 g/mol. The second-order valence-electron chi connectivity index (χ2n) is 2.01. The van der Waals surface area contributed by atoms with E-state index in [1.54, 1.807) is 6.92 Å². The topological polar surface area (TPSA) is 55.8 Å². The minimum atomic E-state index is -0.825. The van der Waals surface area contributed by atoms with Crippen LogP contribution in [0.15, 0.2) is 0 Å². The van der Waals surface area contributed by atoms with E-state index in [-0.39, 0.29) is 0 Å². The molecule has 64 valence electrons. The lowest BCUT2D eigenvalue weighted by Crippen LogP contribution is -2.21. The molecule has 1 aliphatic rings. The van der Waals surface area contributed by atoms with Crippen molar-refractivity contribution >= 4 is 17.7 Å². The number of ether oxygens (including phenoxy) is 2. The predicted octanol–water partition coefficient (Wildman–Crippen LogP) is -0.0426. The van der Waals surface area contributed by atoms with Crippen molar-refractivity contribution in [3.63, 3.8) is 0 Å². The Morgan fingerprint density at radius 2 is 2.64 bits per heavy atom. The van der Waals surface area contributed by atoms with Crippen molar-refractivity contribution in [2.24, 2.45) is 0 Å². The van der Waals surface area contributed by atoms with E-state index in [1.165, 1.54) is 11.8 Å². The maximum Gasteiger partial charge on any atom is 0.345 e. The molecule has 1 saturated heterocycles. The molecule has 0 aromatic rings. The summed E-state index contributed by atoms with van der Waals surface area (Å²) < 4.78 is 9.50. The zero-order chi connectivity index (χ0) is 8.27. The summed E-state index contributed by atoms with van der Waals surface area (Å²) in [5, 5.41) is 8.87. The third kappa shape index (κ3) is 2.36. The molecular weight excluding hydrogens is 168 g/mol. The molecule has 11 heavy (non-hydrogen) atoms. The molecule has 1 rings (SSSR count). The van der Waals surface area contributed by atoms with Gasteiger partial charge in [-0.25, -0.2) is 4.79 Å². The third-order valence-electron chi connectivity index (χ3n) is 1.15. The molecule has 1 fully saturated rings. The van der Waals surface area contributed by atoms with Crippen molar-refractivity contribution in [2.45, 2.75) is 18.6 Å². The number of carbonyl (C=O) groups excluding carboxylic acids is 1. The van der Waals surface area contributed by atoms with Gasteiger partial charge in [-0.1, -0.05) is 0 Å². The van der Waals surface area contributed by atoms with E-state index in [1.807, 2.05) is 0 Å². The number of aliphatic hydroxyl groups excluding tert-OH is 1. The highest BCUT2D eigenvalue weighted by molar-refractivity contribution is 8.00. The van der Waals surface area contributed by atoms with Crippen LogP contribution in [0.2, 0.25) is 0 Å². The number of hydrogen-bond acceptors (Lipinski definition) is 5. The first-order chi connectivity index (χ1) is 5.24. The number of esters is 1. The van der Waals surface area contributed by atoms with Crippen LogP contribution in [0.5, 0.6) is 0 Å². The zero-order valence-electron chi connectivity index (χ0n) is 6.15. The summed E-state index contributed by atoms with van der Waals surface area (Å²) in [7, 11) is 0. The molecule has 0 unspecified atom stereocenters. The van der Waals surface area contributed by atoms with Crippen LogP contribution in [0.4, 0.5) is 0 Å². The average Bonchev–Trinajstić information content (AvgIpc) is 2.36. The lowest BCUT2D eigenvalue weighted by atomic mass is 10.7. The molecule has 2 atom stereocenters. The molecule has 0 aromatic carbocycles. The summed E-state index contributed by atoms with van der Waals surface area (Å²) in [6.45, 7) is 2.07. The van der Waals surface area contributed by atoms with Crippen LogP contribution in [-0.2, 0) is 14.3 Å². The van der Waals surface area contributed by atoms with Crippen molar-refractivity contribution in [1.82, 2.24) is 0 Å². The predicted molar refractivity (Wildman–Crippen MR) is 40.0 cm³/mol. The smallest absolute Gasteiger partial charge is 0.345 e. The summed E-state index contributed by atoms with van der Waals surface area (Å²) in [5.41, 5.74) is -0.634. The maximum atomic E-state index is 10.9. The second-order valence-corrected chi connectivity index (χ2v) is 3.10. The number of thioether (sulfide) groups is 1. The molecule has 4 nitrogen and oxygen atoms in total. The number of rotatable bonds is 2. The Bertz CT molecular complexity index is 150. The fourth-order valence-electron chi connectivity index (χ4n) is 0.725. The van der Waals surface area contributed by atoms with E-state index in [0.717, 1.165) is 0 Å². The fourth-order valence-corrected chi connectivity index (χ4v) is 1.55. The highest BCUT2D eigenvalue weighted by Crippen LogP contribution is 2.24. The van der Waals surface area contributed by atoms with Crippen LogP contribution < -0.4 is 0 Å². The Labute approximate surface area is 68.9 Å². The number of hydrogen-bond donors (Lipinski definition) is 1. The first-order valence-corrected chi connectivity index (χ1v) is 4.40. The van der Waals surface area contributed by atoms with Crippen LogP contribution >= 0.6 is 11.8 Å². The lowest BCUT2D eigenvalue weighted by molar-refractivity contribution is -0.160. The van der Waals surface area contributed by atoms with Crippen molar-refractivity contribution in [2.75, 3.05) is 12.4 Å². The summed E-state index contributed by atoms with van der Waals surface area (Å²) in [4.78, 5) is 10.9. The standard InChI is InChI=1S/C6H10O4S/c1-2-9-5(8)6-10-4(7)3-11-6/h4,6-7H,2-3H2,1H3/t4-,6-/m1/s1. The zero-order valence-corrected chi connectivity index (χ0v) is 6.97. The first-order valence-electron chi connectivity index (χ1n) is 3.35. The SMILES string of the molecule is CCOC(=O)[C@@H]1O[C@@H](O)CS1. The van der Waals surface area contributed by atoms with Crippen molar-refractivity contribution in [3.05, 3.63) is 0 Å². The normalized spacial score (nSPS) is 30.4. The quantitative estimate of drug-likeness (QED) is 0.601. The van der Waals surface area contributed by atoms with Gasteiger partial charge >= 0.3 is 5.97 Å². The van der Waals surface area contributed by atoms with Crippen molar-refractivity contribution in [3.8, 4) is 0 Å². The van der Waals surface area contributed by atoms with E-state index in [2.05, 4.69) is 4.74 Å².